The lowest BCUT2D eigenvalue weighted by Gasteiger charge is -2.20. The van der Waals surface area contributed by atoms with Crippen molar-refractivity contribution >= 4 is 19.8 Å². The fourth-order valence-corrected chi connectivity index (χ4v) is 5.95. The number of aliphatic hydroxyl groups excluding tert-OH is 4. The highest BCUT2D eigenvalue weighted by Gasteiger charge is 2.27. The summed E-state index contributed by atoms with van der Waals surface area (Å²) in [6.45, 7) is 1.88. The van der Waals surface area contributed by atoms with Crippen LogP contribution in [0.1, 0.15) is 129 Å². The van der Waals surface area contributed by atoms with Crippen LogP contribution in [0.2, 0.25) is 0 Å². The van der Waals surface area contributed by atoms with Gasteiger partial charge in [0.25, 0.3) is 0 Å². The van der Waals surface area contributed by atoms with E-state index in [2.05, 4.69) is 35.8 Å². The molecule has 0 amide bonds. The summed E-state index contributed by atoms with van der Waals surface area (Å²) in [5.41, 5.74) is 0. The number of allylic oxidation sites excluding steroid dienone is 14. The first-order valence-electron chi connectivity index (χ1n) is 22.1. The first-order chi connectivity index (χ1) is 29.5. The molecule has 0 rings (SSSR count). The van der Waals surface area contributed by atoms with Crippen molar-refractivity contribution in [2.24, 2.45) is 0 Å². The number of esters is 2. The van der Waals surface area contributed by atoms with Gasteiger partial charge < -0.3 is 34.8 Å². The van der Waals surface area contributed by atoms with E-state index in [9.17, 15) is 34.4 Å². The Hall–Kier alpha value is -3.45. The zero-order chi connectivity index (χ0) is 45.1. The monoisotopic (exact) mass is 877 g/mol. The first-order valence-corrected chi connectivity index (χ1v) is 23.6. The van der Waals surface area contributed by atoms with Crippen molar-refractivity contribution in [3.05, 3.63) is 109 Å². The minimum absolute atomic E-state index is 0.0379. The standard InChI is InChI=1S/C48H77O12P/c1-3-5-7-8-9-10-11-12-13-14-15-16-17-18-22-25-31-38-48(54)60-46(42-59-61(55,56)58-40-45(52)39-49)41-57-47(53)37-32-26-30-36-44(51)35-29-24-21-19-20-23-28-34-43(50)33-27-6-4-2/h6,12-13,15-16,18,20-24,27-30,34-36,43-46,49-52H,3-5,7-11,14,17,19,25-26,31-33,37-42H2,1-2H3,(H,55,56)/b13-12-,16-15-,22-18-,23-20-,24-21-,27-6-,34-28+,35-29+,36-30-/t43-,44-,45+,46-/m1/s1. The number of phosphoric acid groups is 1. The molecule has 61 heavy (non-hydrogen) atoms. The van der Waals surface area contributed by atoms with Gasteiger partial charge in [0.2, 0.25) is 0 Å². The number of ether oxygens (including phenoxy) is 2. The molecule has 0 aliphatic carbocycles. The number of carbonyl (C=O) groups is 2. The predicted octanol–water partition coefficient (Wildman–Crippen LogP) is 9.72. The Kier molecular flexibility index (Phi) is 39.5. The Morgan fingerprint density at radius 2 is 1.16 bits per heavy atom. The quantitative estimate of drug-likeness (QED) is 0.0129. The molecule has 0 aromatic carbocycles. The molecular formula is C48H77O12P. The third kappa shape index (κ3) is 41.7. The summed E-state index contributed by atoms with van der Waals surface area (Å²) in [5.74, 6) is -1.18. The van der Waals surface area contributed by atoms with Gasteiger partial charge in [0, 0.05) is 12.8 Å². The Labute approximate surface area is 366 Å². The molecule has 5 N–H and O–H groups in total. The first kappa shape index (κ1) is 57.5. The van der Waals surface area contributed by atoms with E-state index < -0.39 is 70.6 Å². The van der Waals surface area contributed by atoms with Crippen LogP contribution in [0.25, 0.3) is 0 Å². The van der Waals surface area contributed by atoms with Gasteiger partial charge in [-0.3, -0.25) is 18.6 Å². The molecule has 0 aliphatic heterocycles. The smallest absolute Gasteiger partial charge is 0.462 e. The molecule has 0 aliphatic rings. The summed E-state index contributed by atoms with van der Waals surface area (Å²) in [7, 11) is -4.69. The van der Waals surface area contributed by atoms with E-state index in [1.165, 1.54) is 38.5 Å². The van der Waals surface area contributed by atoms with Crippen LogP contribution in [0.3, 0.4) is 0 Å². The topological polar surface area (TPSA) is 189 Å². The molecule has 1 unspecified atom stereocenters. The van der Waals surface area contributed by atoms with Crippen molar-refractivity contribution in [2.75, 3.05) is 26.4 Å². The lowest BCUT2D eigenvalue weighted by Crippen LogP contribution is -2.29. The van der Waals surface area contributed by atoms with Gasteiger partial charge >= 0.3 is 19.8 Å². The summed E-state index contributed by atoms with van der Waals surface area (Å²) < 4.78 is 32.5. The molecule has 0 radical (unpaired) electrons. The molecule has 5 atom stereocenters. The molecule has 0 aromatic rings. The molecule has 0 bridgehead atoms. The van der Waals surface area contributed by atoms with E-state index in [1.807, 2.05) is 61.6 Å². The maximum Gasteiger partial charge on any atom is 0.472 e. The molecule has 0 fully saturated rings. The molecule has 0 saturated heterocycles. The summed E-state index contributed by atoms with van der Waals surface area (Å²) in [5, 5.41) is 38.3. The molecule has 0 spiro atoms. The van der Waals surface area contributed by atoms with Crippen LogP contribution in [-0.2, 0) is 32.7 Å². The van der Waals surface area contributed by atoms with E-state index in [-0.39, 0.29) is 12.8 Å². The summed E-state index contributed by atoms with van der Waals surface area (Å²) in [4.78, 5) is 35.0. The largest absolute Gasteiger partial charge is 0.472 e. The van der Waals surface area contributed by atoms with Crippen molar-refractivity contribution < 1.29 is 58.0 Å². The molecule has 346 valence electrons. The fourth-order valence-electron chi connectivity index (χ4n) is 5.16. The van der Waals surface area contributed by atoms with Crippen LogP contribution >= 0.6 is 7.82 Å². The van der Waals surface area contributed by atoms with Gasteiger partial charge in [-0.2, -0.15) is 0 Å². The number of carbonyl (C=O) groups excluding carboxylic acids is 2. The van der Waals surface area contributed by atoms with Crippen molar-refractivity contribution in [1.82, 2.24) is 0 Å². The average Bonchev–Trinajstić information content (AvgIpc) is 3.24. The second kappa shape index (κ2) is 41.9. The highest BCUT2D eigenvalue weighted by molar-refractivity contribution is 7.47. The van der Waals surface area contributed by atoms with Gasteiger partial charge in [-0.15, -0.1) is 0 Å². The minimum Gasteiger partial charge on any atom is -0.462 e. The molecule has 0 heterocycles. The second-order valence-electron chi connectivity index (χ2n) is 14.4. The van der Waals surface area contributed by atoms with E-state index in [0.717, 1.165) is 25.7 Å². The van der Waals surface area contributed by atoms with Crippen LogP contribution in [0.5, 0.6) is 0 Å². The number of unbranched alkanes of at least 4 members (excludes halogenated alkanes) is 8. The maximum atomic E-state index is 12.6. The SMILES string of the molecule is CC/C=C\C[C@@H](O)/C=C/C=C\C/C=C\C=C\[C@@H](O)/C=C\CCCC(=O)OC[C@H](COP(=O)(O)OC[C@@H](O)CO)OC(=O)CCC/C=C\C/C=C\C/C=C\CCCCCCCC. The third-order valence-corrected chi connectivity index (χ3v) is 9.54. The minimum atomic E-state index is -4.69. The van der Waals surface area contributed by atoms with Gasteiger partial charge in [-0.25, -0.2) is 4.57 Å². The van der Waals surface area contributed by atoms with Crippen LogP contribution in [0.4, 0.5) is 0 Å². The predicted molar refractivity (Wildman–Crippen MR) is 244 cm³/mol. The Balaban J connectivity index is 4.64. The number of aliphatic hydroxyl groups is 4. The van der Waals surface area contributed by atoms with Gasteiger partial charge in [-0.1, -0.05) is 155 Å². The fraction of sp³-hybridized carbons (Fsp3) is 0.583. The van der Waals surface area contributed by atoms with E-state index >= 15 is 0 Å². The summed E-state index contributed by atoms with van der Waals surface area (Å²) in [6.07, 6.45) is 45.7. The number of hydrogen-bond donors (Lipinski definition) is 5. The Morgan fingerprint density at radius 3 is 1.84 bits per heavy atom. The molecule has 0 saturated carbocycles. The zero-order valence-corrected chi connectivity index (χ0v) is 37.7. The van der Waals surface area contributed by atoms with Crippen molar-refractivity contribution in [3.8, 4) is 0 Å². The number of phosphoric ester groups is 1. The summed E-state index contributed by atoms with van der Waals surface area (Å²) >= 11 is 0. The van der Waals surface area contributed by atoms with Crippen LogP contribution in [0.15, 0.2) is 109 Å². The molecular weight excluding hydrogens is 799 g/mol. The summed E-state index contributed by atoms with van der Waals surface area (Å²) in [6, 6.07) is 0. The third-order valence-electron chi connectivity index (χ3n) is 8.59. The number of hydrogen-bond acceptors (Lipinski definition) is 11. The van der Waals surface area contributed by atoms with Crippen molar-refractivity contribution in [3.63, 3.8) is 0 Å². The zero-order valence-electron chi connectivity index (χ0n) is 36.8. The second-order valence-corrected chi connectivity index (χ2v) is 15.8. The van der Waals surface area contributed by atoms with Crippen molar-refractivity contribution in [1.29, 1.82) is 0 Å². The van der Waals surface area contributed by atoms with Gasteiger partial charge in [0.05, 0.1) is 32.0 Å². The normalized spacial score (nSPS) is 15.9. The Bertz CT molecular complexity index is 1410. The van der Waals surface area contributed by atoms with E-state index in [4.69, 9.17) is 19.1 Å². The van der Waals surface area contributed by atoms with Crippen LogP contribution < -0.4 is 0 Å². The van der Waals surface area contributed by atoms with E-state index in [0.29, 0.717) is 38.5 Å². The van der Waals surface area contributed by atoms with E-state index in [1.54, 1.807) is 30.4 Å². The number of rotatable bonds is 39. The lowest BCUT2D eigenvalue weighted by molar-refractivity contribution is -0.161. The lowest BCUT2D eigenvalue weighted by atomic mass is 10.1. The molecule has 12 nitrogen and oxygen atoms in total. The van der Waals surface area contributed by atoms with Gasteiger partial charge in [0.1, 0.15) is 12.7 Å². The maximum absolute atomic E-state index is 12.6. The van der Waals surface area contributed by atoms with Gasteiger partial charge in [0.15, 0.2) is 6.10 Å². The van der Waals surface area contributed by atoms with Gasteiger partial charge in [-0.05, 0) is 70.6 Å². The molecule has 13 heteroatoms. The van der Waals surface area contributed by atoms with Crippen LogP contribution in [-0.4, -0.2) is 88.1 Å². The molecule has 0 aromatic heterocycles. The highest BCUT2D eigenvalue weighted by Crippen LogP contribution is 2.43. The van der Waals surface area contributed by atoms with Crippen molar-refractivity contribution in [2.45, 2.75) is 154 Å². The average molecular weight is 877 g/mol. The highest BCUT2D eigenvalue weighted by atomic mass is 31.2. The Morgan fingerprint density at radius 1 is 0.590 bits per heavy atom. The van der Waals surface area contributed by atoms with Crippen LogP contribution in [0, 0.1) is 0 Å².